The molecule has 0 aromatic heterocycles. The molecule has 70 valence electrons. The highest BCUT2D eigenvalue weighted by Crippen LogP contribution is 2.26. The Hall–Kier alpha value is -0.570. The summed E-state index contributed by atoms with van der Waals surface area (Å²) in [5.74, 6) is 0.316. The number of amides is 1. The minimum absolute atomic E-state index is 0.121. The lowest BCUT2D eigenvalue weighted by molar-refractivity contribution is -0.130. The molecule has 3 nitrogen and oxygen atoms in total. The van der Waals surface area contributed by atoms with Crippen LogP contribution in [0.3, 0.4) is 0 Å². The molecule has 0 aromatic carbocycles. The van der Waals surface area contributed by atoms with Crippen molar-refractivity contribution in [3.05, 3.63) is 0 Å². The highest BCUT2D eigenvalue weighted by molar-refractivity contribution is 5.79. The number of likely N-dealkylation sites (tertiary alicyclic amines) is 1. The molecular weight excluding hydrogens is 154 g/mol. The second kappa shape index (κ2) is 3.44. The van der Waals surface area contributed by atoms with E-state index in [1.54, 1.807) is 0 Å². The van der Waals surface area contributed by atoms with Gasteiger partial charge in [0.05, 0.1) is 0 Å². The molecule has 1 aliphatic heterocycles. The van der Waals surface area contributed by atoms with Crippen molar-refractivity contribution in [1.29, 1.82) is 0 Å². The van der Waals surface area contributed by atoms with Gasteiger partial charge in [0.2, 0.25) is 5.91 Å². The van der Waals surface area contributed by atoms with Gasteiger partial charge in [-0.05, 0) is 20.8 Å². The smallest absolute Gasteiger partial charge is 0.223 e. The second-order valence-electron chi connectivity index (χ2n) is 3.78. The van der Waals surface area contributed by atoms with Crippen LogP contribution < -0.4 is 0 Å². The summed E-state index contributed by atoms with van der Waals surface area (Å²) in [5, 5.41) is 8.97. The zero-order chi connectivity index (χ0) is 9.30. The van der Waals surface area contributed by atoms with Crippen LogP contribution in [0.1, 0.15) is 27.2 Å². The molecule has 0 bridgehead atoms. The van der Waals surface area contributed by atoms with Gasteiger partial charge >= 0.3 is 0 Å². The second-order valence-corrected chi connectivity index (χ2v) is 3.78. The van der Waals surface area contributed by atoms with Crippen LogP contribution in [-0.4, -0.2) is 34.6 Å². The van der Waals surface area contributed by atoms with Crippen molar-refractivity contribution in [3.63, 3.8) is 0 Å². The Kier molecular flexibility index (Phi) is 2.73. The van der Waals surface area contributed by atoms with E-state index in [1.807, 2.05) is 25.7 Å². The average Bonchev–Trinajstić information content (AvgIpc) is 2.25. The highest BCUT2D eigenvalue weighted by atomic mass is 16.3. The summed E-state index contributed by atoms with van der Waals surface area (Å²) in [4.78, 5) is 13.3. The van der Waals surface area contributed by atoms with Crippen LogP contribution in [0.15, 0.2) is 0 Å². The van der Waals surface area contributed by atoms with Crippen LogP contribution in [0.2, 0.25) is 0 Å². The maximum absolute atomic E-state index is 11.4. The van der Waals surface area contributed by atoms with Crippen molar-refractivity contribution in [2.24, 2.45) is 5.92 Å². The minimum Gasteiger partial charge on any atom is -0.396 e. The van der Waals surface area contributed by atoms with E-state index >= 15 is 0 Å². The molecule has 1 saturated heterocycles. The molecule has 1 fully saturated rings. The first-order chi connectivity index (χ1) is 5.57. The summed E-state index contributed by atoms with van der Waals surface area (Å²) < 4.78 is 0. The van der Waals surface area contributed by atoms with Gasteiger partial charge in [-0.15, -0.1) is 0 Å². The molecule has 1 amide bonds. The fourth-order valence-corrected chi connectivity index (χ4v) is 1.93. The van der Waals surface area contributed by atoms with E-state index in [1.165, 1.54) is 0 Å². The quantitative estimate of drug-likeness (QED) is 0.661. The van der Waals surface area contributed by atoms with E-state index in [2.05, 4.69) is 0 Å². The molecule has 0 radical (unpaired) electrons. The lowest BCUT2D eigenvalue weighted by atomic mass is 10.0. The van der Waals surface area contributed by atoms with Crippen molar-refractivity contribution in [1.82, 2.24) is 4.90 Å². The molecule has 1 N–H and O–H groups in total. The number of aliphatic hydroxyl groups is 1. The Labute approximate surface area is 73.4 Å². The standard InChI is InChI=1S/C9H17NO2/c1-6(2)10-7(3)8(5-11)4-9(10)12/h6-8,11H,4-5H2,1-3H3. The fourth-order valence-electron chi connectivity index (χ4n) is 1.93. The van der Waals surface area contributed by atoms with E-state index in [-0.39, 0.29) is 30.5 Å². The minimum atomic E-state index is 0.121. The molecule has 0 saturated carbocycles. The number of carbonyl (C=O) groups is 1. The van der Waals surface area contributed by atoms with Gasteiger partial charge in [0.1, 0.15) is 0 Å². The van der Waals surface area contributed by atoms with Crippen LogP contribution in [0.5, 0.6) is 0 Å². The summed E-state index contributed by atoms with van der Waals surface area (Å²) in [7, 11) is 0. The van der Waals surface area contributed by atoms with E-state index in [9.17, 15) is 4.79 Å². The fraction of sp³-hybridized carbons (Fsp3) is 0.889. The summed E-state index contributed by atoms with van der Waals surface area (Å²) in [6.07, 6.45) is 0.510. The first kappa shape index (κ1) is 9.52. The third-order valence-corrected chi connectivity index (χ3v) is 2.64. The zero-order valence-corrected chi connectivity index (χ0v) is 7.95. The first-order valence-electron chi connectivity index (χ1n) is 4.50. The highest BCUT2D eigenvalue weighted by Gasteiger charge is 2.37. The van der Waals surface area contributed by atoms with Gasteiger partial charge in [0, 0.05) is 31.0 Å². The first-order valence-corrected chi connectivity index (χ1v) is 4.50. The monoisotopic (exact) mass is 171 g/mol. The average molecular weight is 171 g/mol. The van der Waals surface area contributed by atoms with Crippen molar-refractivity contribution in [3.8, 4) is 0 Å². The van der Waals surface area contributed by atoms with Crippen LogP contribution >= 0.6 is 0 Å². The topological polar surface area (TPSA) is 40.5 Å². The summed E-state index contributed by atoms with van der Waals surface area (Å²) in [6, 6.07) is 0.451. The molecule has 1 heterocycles. The molecule has 1 rings (SSSR count). The predicted molar refractivity (Wildman–Crippen MR) is 46.6 cm³/mol. The van der Waals surface area contributed by atoms with Gasteiger partial charge in [-0.25, -0.2) is 0 Å². The van der Waals surface area contributed by atoms with E-state index in [0.717, 1.165) is 0 Å². The van der Waals surface area contributed by atoms with Gasteiger partial charge in [-0.1, -0.05) is 0 Å². The Bertz CT molecular complexity index is 179. The van der Waals surface area contributed by atoms with Crippen molar-refractivity contribution < 1.29 is 9.90 Å². The third kappa shape index (κ3) is 1.46. The Morgan fingerprint density at radius 3 is 2.50 bits per heavy atom. The molecule has 3 heteroatoms. The number of aliphatic hydroxyl groups excluding tert-OH is 1. The van der Waals surface area contributed by atoms with Crippen LogP contribution in [0.4, 0.5) is 0 Å². The maximum atomic E-state index is 11.4. The van der Waals surface area contributed by atoms with Crippen molar-refractivity contribution >= 4 is 5.91 Å². The van der Waals surface area contributed by atoms with Gasteiger partial charge in [0.25, 0.3) is 0 Å². The molecule has 1 aliphatic rings. The third-order valence-electron chi connectivity index (χ3n) is 2.64. The molecule has 12 heavy (non-hydrogen) atoms. The SMILES string of the molecule is CC(C)N1C(=O)CC(CO)C1C. The molecule has 2 unspecified atom stereocenters. The van der Waals surface area contributed by atoms with Crippen LogP contribution in [-0.2, 0) is 4.79 Å². The molecule has 0 spiro atoms. The molecule has 0 aliphatic carbocycles. The summed E-state index contributed by atoms with van der Waals surface area (Å²) >= 11 is 0. The largest absolute Gasteiger partial charge is 0.396 e. The Morgan fingerprint density at radius 2 is 2.25 bits per heavy atom. The zero-order valence-electron chi connectivity index (χ0n) is 7.95. The van der Waals surface area contributed by atoms with Gasteiger partial charge in [0.15, 0.2) is 0 Å². The maximum Gasteiger partial charge on any atom is 0.223 e. The summed E-state index contributed by atoms with van der Waals surface area (Å²) in [6.45, 7) is 6.14. The lowest BCUT2D eigenvalue weighted by Crippen LogP contribution is -2.39. The van der Waals surface area contributed by atoms with Crippen molar-refractivity contribution in [2.75, 3.05) is 6.61 Å². The molecule has 2 atom stereocenters. The summed E-state index contributed by atoms with van der Waals surface area (Å²) in [5.41, 5.74) is 0. The van der Waals surface area contributed by atoms with Crippen LogP contribution in [0.25, 0.3) is 0 Å². The van der Waals surface area contributed by atoms with Gasteiger partial charge in [-0.2, -0.15) is 0 Å². The lowest BCUT2D eigenvalue weighted by Gasteiger charge is -2.27. The van der Waals surface area contributed by atoms with E-state index in [0.29, 0.717) is 6.42 Å². The van der Waals surface area contributed by atoms with Crippen molar-refractivity contribution in [2.45, 2.75) is 39.3 Å². The van der Waals surface area contributed by atoms with E-state index in [4.69, 9.17) is 5.11 Å². The number of hydrogen-bond acceptors (Lipinski definition) is 2. The Balaban J connectivity index is 2.70. The number of rotatable bonds is 2. The van der Waals surface area contributed by atoms with Crippen LogP contribution in [0, 0.1) is 5.92 Å². The number of nitrogens with zero attached hydrogens (tertiary/aromatic N) is 1. The normalized spacial score (nSPS) is 30.4. The predicted octanol–water partition coefficient (Wildman–Crippen LogP) is 0.624. The van der Waals surface area contributed by atoms with Gasteiger partial charge in [-0.3, -0.25) is 4.79 Å². The Morgan fingerprint density at radius 1 is 1.67 bits per heavy atom. The van der Waals surface area contributed by atoms with Gasteiger partial charge < -0.3 is 10.0 Å². The number of hydrogen-bond donors (Lipinski definition) is 1. The number of carbonyl (C=O) groups excluding carboxylic acids is 1. The van der Waals surface area contributed by atoms with E-state index < -0.39 is 0 Å². The molecule has 0 aromatic rings. The molecular formula is C9H17NO2.